The van der Waals surface area contributed by atoms with Crippen molar-refractivity contribution >= 4 is 52.6 Å². The highest BCUT2D eigenvalue weighted by Gasteiger charge is 2.56. The summed E-state index contributed by atoms with van der Waals surface area (Å²) in [6, 6.07) is 47.8. The molecule has 0 unspecified atom stereocenters. The molecule has 5 aromatic rings. The molecule has 14 nitrogen and oxygen atoms in total. The van der Waals surface area contributed by atoms with Crippen molar-refractivity contribution in [2.75, 3.05) is 13.2 Å². The third kappa shape index (κ3) is 15.8. The van der Waals surface area contributed by atoms with Crippen molar-refractivity contribution in [1.29, 1.82) is 5.41 Å². The lowest BCUT2D eigenvalue weighted by atomic mass is 9.96. The minimum Gasteiger partial charge on any atom is -0.463 e. The van der Waals surface area contributed by atoms with Gasteiger partial charge < -0.3 is 52.1 Å². The molecule has 0 aromatic heterocycles. The molecule has 372 valence electrons. The first-order chi connectivity index (χ1) is 33.9. The molecule has 0 radical (unpaired) electrons. The number of alkyl halides is 3. The summed E-state index contributed by atoms with van der Waals surface area (Å²) in [5.74, 6) is -2.18. The van der Waals surface area contributed by atoms with Crippen LogP contribution in [-0.4, -0.2) is 96.3 Å². The molecule has 0 bridgehead atoms. The van der Waals surface area contributed by atoms with Crippen LogP contribution >= 0.6 is 34.8 Å². The zero-order valence-corrected chi connectivity index (χ0v) is 40.9. The van der Waals surface area contributed by atoms with Crippen LogP contribution in [0.4, 0.5) is 0 Å². The molecule has 2 heterocycles. The molecule has 2 aliphatic heterocycles. The van der Waals surface area contributed by atoms with Gasteiger partial charge in [0.2, 0.25) is 12.2 Å². The quantitative estimate of drug-likeness (QED) is 0.0303. The van der Waals surface area contributed by atoms with Gasteiger partial charge in [-0.05, 0) is 27.8 Å². The second-order valence-corrected chi connectivity index (χ2v) is 18.8. The van der Waals surface area contributed by atoms with Gasteiger partial charge >= 0.3 is 11.9 Å². The van der Waals surface area contributed by atoms with Gasteiger partial charge in [-0.1, -0.05) is 186 Å². The van der Waals surface area contributed by atoms with E-state index in [1.807, 2.05) is 152 Å². The van der Waals surface area contributed by atoms with Crippen LogP contribution < -0.4 is 0 Å². The number of rotatable bonds is 22. The van der Waals surface area contributed by atoms with Crippen LogP contribution in [0.15, 0.2) is 152 Å². The lowest BCUT2D eigenvalue weighted by molar-refractivity contribution is -0.374. The van der Waals surface area contributed by atoms with E-state index in [0.29, 0.717) is 0 Å². The van der Waals surface area contributed by atoms with Crippen LogP contribution in [-0.2, 0) is 94.7 Å². The van der Waals surface area contributed by atoms with E-state index in [2.05, 4.69) is 0 Å². The number of nitrogens with one attached hydrogen (secondary N) is 1. The fourth-order valence-electron chi connectivity index (χ4n) is 7.94. The molecule has 0 spiro atoms. The SMILES string of the molecule is CC(=O)OC[C@H]1O[C@H](OC(=N)C(Cl)(Cl)Cl)[C@@H](O[C@H]2O[C@H](COCc3ccccc3)[C@@H](OCc3ccccc3)[C@H](OCc3ccccc3)[C@@H]2OCc2ccccc2)[C@@H](OCc2ccccc2)[C@@H]1OC(C)=O. The minimum absolute atomic E-state index is 0.00170. The second-order valence-electron chi connectivity index (χ2n) is 16.6. The molecule has 2 aliphatic rings. The van der Waals surface area contributed by atoms with Crippen molar-refractivity contribution in [2.45, 2.75) is 112 Å². The van der Waals surface area contributed by atoms with Gasteiger partial charge in [-0.2, -0.15) is 0 Å². The Hall–Kier alpha value is -4.94. The van der Waals surface area contributed by atoms with Crippen molar-refractivity contribution in [3.8, 4) is 0 Å². The summed E-state index contributed by atoms with van der Waals surface area (Å²) >= 11 is 18.6. The van der Waals surface area contributed by atoms with E-state index in [0.717, 1.165) is 27.8 Å². The summed E-state index contributed by atoms with van der Waals surface area (Å²) < 4.78 is 69.2. The minimum atomic E-state index is -2.37. The number of carbonyl (C=O) groups is 2. The molecule has 1 N–H and O–H groups in total. The van der Waals surface area contributed by atoms with Crippen LogP contribution in [0.5, 0.6) is 0 Å². The highest BCUT2D eigenvalue weighted by Crippen LogP contribution is 2.38. The summed E-state index contributed by atoms with van der Waals surface area (Å²) in [6.45, 7) is 2.62. The number of benzene rings is 5. The van der Waals surface area contributed by atoms with Gasteiger partial charge in [0.15, 0.2) is 18.5 Å². The van der Waals surface area contributed by atoms with Crippen LogP contribution in [0.3, 0.4) is 0 Å². The average Bonchev–Trinajstić information content (AvgIpc) is 3.36. The third-order valence-corrected chi connectivity index (χ3v) is 11.8. The predicted octanol–water partition coefficient (Wildman–Crippen LogP) is 9.24. The Balaban J connectivity index is 1.33. The fourth-order valence-corrected chi connectivity index (χ4v) is 8.07. The summed E-state index contributed by atoms with van der Waals surface area (Å²) in [4.78, 5) is 25.2. The van der Waals surface area contributed by atoms with Crippen LogP contribution in [0.25, 0.3) is 0 Å². The Bertz CT molecular complexity index is 2350. The predicted molar refractivity (Wildman–Crippen MR) is 260 cm³/mol. The smallest absolute Gasteiger partial charge is 0.303 e. The molecule has 10 atom stereocenters. The van der Waals surface area contributed by atoms with E-state index in [-0.39, 0.29) is 39.6 Å². The van der Waals surface area contributed by atoms with Gasteiger partial charge in [-0.3, -0.25) is 15.0 Å². The zero-order valence-electron chi connectivity index (χ0n) is 38.6. The first-order valence-electron chi connectivity index (χ1n) is 22.7. The molecule has 17 heteroatoms. The molecule has 7 rings (SSSR count). The maximum Gasteiger partial charge on any atom is 0.303 e. The normalized spacial score (nSPS) is 24.6. The molecule has 2 fully saturated rings. The fraction of sp³-hybridized carbons (Fsp3) is 0.377. The number of halogens is 3. The van der Waals surface area contributed by atoms with Gasteiger partial charge in [0.05, 0.1) is 39.6 Å². The lowest BCUT2D eigenvalue weighted by Crippen LogP contribution is -2.67. The van der Waals surface area contributed by atoms with E-state index in [4.69, 9.17) is 92.3 Å². The zero-order chi connectivity index (χ0) is 49.3. The van der Waals surface area contributed by atoms with Gasteiger partial charge in [0, 0.05) is 13.8 Å². The first kappa shape index (κ1) is 52.9. The van der Waals surface area contributed by atoms with E-state index in [1.54, 1.807) is 0 Å². The molecule has 0 aliphatic carbocycles. The monoisotopic (exact) mass is 1020 g/mol. The van der Waals surface area contributed by atoms with Gasteiger partial charge in [0.1, 0.15) is 43.2 Å². The number of esters is 2. The van der Waals surface area contributed by atoms with E-state index >= 15 is 0 Å². The van der Waals surface area contributed by atoms with Gasteiger partial charge in [-0.25, -0.2) is 0 Å². The van der Waals surface area contributed by atoms with Crippen molar-refractivity contribution < 1.29 is 61.7 Å². The van der Waals surface area contributed by atoms with Crippen molar-refractivity contribution in [2.24, 2.45) is 0 Å². The van der Waals surface area contributed by atoms with Gasteiger partial charge in [0.25, 0.3) is 3.79 Å². The lowest BCUT2D eigenvalue weighted by Gasteiger charge is -2.49. The topological polar surface area (TPSA) is 160 Å². The summed E-state index contributed by atoms with van der Waals surface area (Å²) in [7, 11) is 0. The molecular formula is C53H56Cl3NO13. The maximum absolute atomic E-state index is 13.0. The molecule has 2 saturated heterocycles. The maximum atomic E-state index is 13.0. The Labute approximate surface area is 422 Å². The standard InChI is InChI=1S/C53H56Cl3NO13/c1-35(58)61-34-43-45(66-36(2)59)47(64-31-40-24-14-6-15-25-40)49(51(68-43)70-52(57)53(54,55)56)69-50-48(65-32-41-26-16-7-17-27-41)46(63-30-39-22-12-5-13-23-39)44(62-29-38-20-10-4-11-21-38)42(67-50)33-60-28-37-18-8-3-9-19-37/h3-27,42-51,57H,28-34H2,1-2H3/t42-,43-,44-,45-,46+,47+,48+,49+,50-,51-/m1/s1. The van der Waals surface area contributed by atoms with Crippen LogP contribution in [0.1, 0.15) is 41.7 Å². The number of hydrogen-bond donors (Lipinski definition) is 1. The summed E-state index contributed by atoms with van der Waals surface area (Å²) in [5, 5.41) is 8.71. The molecule has 0 amide bonds. The Morgan fingerprint density at radius 1 is 0.471 bits per heavy atom. The number of carbonyl (C=O) groups excluding carboxylic acids is 2. The van der Waals surface area contributed by atoms with E-state index < -0.39 is 89.6 Å². The van der Waals surface area contributed by atoms with Crippen molar-refractivity contribution in [1.82, 2.24) is 0 Å². The van der Waals surface area contributed by atoms with Crippen LogP contribution in [0, 0.1) is 5.41 Å². The Morgan fingerprint density at radius 2 is 0.857 bits per heavy atom. The van der Waals surface area contributed by atoms with E-state index in [9.17, 15) is 9.59 Å². The largest absolute Gasteiger partial charge is 0.463 e. The third-order valence-electron chi connectivity index (χ3n) is 11.3. The van der Waals surface area contributed by atoms with Crippen LogP contribution in [0.2, 0.25) is 0 Å². The number of ether oxygens (including phenoxy) is 11. The van der Waals surface area contributed by atoms with Crippen molar-refractivity contribution in [3.05, 3.63) is 179 Å². The van der Waals surface area contributed by atoms with E-state index in [1.165, 1.54) is 13.8 Å². The molecule has 5 aromatic carbocycles. The Morgan fingerprint density at radius 3 is 1.29 bits per heavy atom. The highest BCUT2D eigenvalue weighted by atomic mass is 35.6. The Kier molecular flexibility index (Phi) is 20.0. The van der Waals surface area contributed by atoms with Crippen molar-refractivity contribution in [3.63, 3.8) is 0 Å². The molecule has 0 saturated carbocycles. The second kappa shape index (κ2) is 26.5. The van der Waals surface area contributed by atoms with Gasteiger partial charge in [-0.15, -0.1) is 0 Å². The summed E-state index contributed by atoms with van der Waals surface area (Å²) in [5.41, 5.74) is 4.30. The average molecular weight is 1020 g/mol. The highest BCUT2D eigenvalue weighted by molar-refractivity contribution is 6.76. The molecule has 70 heavy (non-hydrogen) atoms. The summed E-state index contributed by atoms with van der Waals surface area (Å²) in [6.07, 6.45) is -12.1. The number of hydrogen-bond acceptors (Lipinski definition) is 14. The first-order valence-corrected chi connectivity index (χ1v) is 23.9. The molecular weight excluding hydrogens is 965 g/mol.